The molecule has 0 N–H and O–H groups in total. The van der Waals surface area contributed by atoms with Crippen LogP contribution in [0.5, 0.6) is 0 Å². The van der Waals surface area contributed by atoms with Gasteiger partial charge in [-0.2, -0.15) is 0 Å². The maximum Gasteiger partial charge on any atom is 0.132 e. The molecule has 1 unspecified atom stereocenters. The maximum absolute atomic E-state index is 11.3. The first-order chi connectivity index (χ1) is 6.33. The minimum absolute atomic E-state index is 0.456. The Morgan fingerprint density at radius 1 is 1.38 bits per heavy atom. The van der Waals surface area contributed by atoms with Crippen LogP contribution in [0, 0.1) is 5.92 Å². The number of ketones is 1. The van der Waals surface area contributed by atoms with Crippen molar-refractivity contribution < 1.29 is 4.79 Å². The summed E-state index contributed by atoms with van der Waals surface area (Å²) in [5, 5.41) is 0. The molecule has 1 atom stereocenters. The van der Waals surface area contributed by atoms with Crippen LogP contribution in [-0.4, -0.2) is 5.78 Å². The molecule has 1 aliphatic carbocycles. The van der Waals surface area contributed by atoms with Crippen molar-refractivity contribution in [3.63, 3.8) is 0 Å². The Kier molecular flexibility index (Phi) is 4.81. The number of rotatable bonds is 5. The van der Waals surface area contributed by atoms with Crippen molar-refractivity contribution in [1.29, 1.82) is 0 Å². The zero-order valence-electron chi connectivity index (χ0n) is 8.59. The predicted octanol–water partition coefficient (Wildman–Crippen LogP) is 3.49. The fraction of sp³-hybridized carbons (Fsp3) is 0.750. The molecule has 0 saturated heterocycles. The van der Waals surface area contributed by atoms with Crippen molar-refractivity contribution in [3.05, 3.63) is 12.2 Å². The topological polar surface area (TPSA) is 17.1 Å². The lowest BCUT2D eigenvalue weighted by Crippen LogP contribution is -2.06. The summed E-state index contributed by atoms with van der Waals surface area (Å²) in [7, 11) is 0. The number of carbonyl (C=O) groups is 1. The molecule has 0 aromatic rings. The van der Waals surface area contributed by atoms with Gasteiger partial charge in [-0.3, -0.25) is 4.79 Å². The van der Waals surface area contributed by atoms with Gasteiger partial charge in [-0.15, -0.1) is 0 Å². The highest BCUT2D eigenvalue weighted by atomic mass is 16.1. The average Bonchev–Trinajstić information content (AvgIpc) is 2.17. The van der Waals surface area contributed by atoms with Gasteiger partial charge >= 0.3 is 0 Å². The predicted molar refractivity (Wildman–Crippen MR) is 55.6 cm³/mol. The highest BCUT2D eigenvalue weighted by molar-refractivity contribution is 5.78. The zero-order chi connectivity index (χ0) is 9.52. The summed E-state index contributed by atoms with van der Waals surface area (Å²) in [4.78, 5) is 11.3. The lowest BCUT2D eigenvalue weighted by Gasteiger charge is -2.16. The normalized spacial score (nSPS) is 21.8. The summed E-state index contributed by atoms with van der Waals surface area (Å²) in [6.45, 7) is 2.07. The van der Waals surface area contributed by atoms with Gasteiger partial charge in [0, 0.05) is 12.8 Å². The van der Waals surface area contributed by atoms with Crippen molar-refractivity contribution in [1.82, 2.24) is 0 Å². The van der Waals surface area contributed by atoms with Gasteiger partial charge in [0.05, 0.1) is 0 Å². The quantitative estimate of drug-likeness (QED) is 0.592. The first kappa shape index (κ1) is 10.5. The van der Waals surface area contributed by atoms with Gasteiger partial charge in [-0.25, -0.2) is 0 Å². The van der Waals surface area contributed by atoms with Gasteiger partial charge in [0.1, 0.15) is 5.78 Å². The molecule has 0 spiro atoms. The summed E-state index contributed by atoms with van der Waals surface area (Å²) >= 11 is 0. The molecule has 0 aliphatic heterocycles. The molecule has 0 bridgehead atoms. The van der Waals surface area contributed by atoms with Gasteiger partial charge in [0.2, 0.25) is 0 Å². The van der Waals surface area contributed by atoms with Gasteiger partial charge < -0.3 is 0 Å². The molecule has 0 heterocycles. The molecular formula is C12H20O. The fourth-order valence-corrected chi connectivity index (χ4v) is 1.89. The zero-order valence-corrected chi connectivity index (χ0v) is 8.59. The summed E-state index contributed by atoms with van der Waals surface area (Å²) < 4.78 is 0. The third-order valence-corrected chi connectivity index (χ3v) is 2.74. The molecular weight excluding hydrogens is 160 g/mol. The van der Waals surface area contributed by atoms with E-state index >= 15 is 0 Å². The molecule has 0 fully saturated rings. The highest BCUT2D eigenvalue weighted by Gasteiger charge is 2.11. The van der Waals surface area contributed by atoms with E-state index in [1.807, 2.05) is 0 Å². The highest BCUT2D eigenvalue weighted by Crippen LogP contribution is 2.23. The van der Waals surface area contributed by atoms with Crippen LogP contribution < -0.4 is 0 Å². The van der Waals surface area contributed by atoms with Crippen LogP contribution in [0.2, 0.25) is 0 Å². The van der Waals surface area contributed by atoms with Crippen molar-refractivity contribution in [2.24, 2.45) is 5.92 Å². The Labute approximate surface area is 81.2 Å². The van der Waals surface area contributed by atoms with Crippen molar-refractivity contribution in [2.75, 3.05) is 0 Å². The molecule has 0 saturated carbocycles. The summed E-state index contributed by atoms with van der Waals surface area (Å²) in [5.74, 6) is 1.24. The van der Waals surface area contributed by atoms with E-state index in [2.05, 4.69) is 19.1 Å². The Morgan fingerprint density at radius 2 is 2.23 bits per heavy atom. The van der Waals surface area contributed by atoms with E-state index in [0.29, 0.717) is 5.78 Å². The van der Waals surface area contributed by atoms with E-state index in [9.17, 15) is 4.79 Å². The van der Waals surface area contributed by atoms with Gasteiger partial charge in [-0.1, -0.05) is 19.1 Å². The summed E-state index contributed by atoms with van der Waals surface area (Å²) in [6.07, 6.45) is 11.9. The van der Waals surface area contributed by atoms with Crippen LogP contribution in [0.25, 0.3) is 0 Å². The number of allylic oxidation sites excluding steroid dienone is 2. The summed E-state index contributed by atoms with van der Waals surface area (Å²) in [6, 6.07) is 0. The first-order valence-corrected chi connectivity index (χ1v) is 5.49. The average molecular weight is 180 g/mol. The lowest BCUT2D eigenvalue weighted by molar-refractivity contribution is -0.119. The number of hydrogen-bond acceptors (Lipinski definition) is 1. The molecule has 1 aliphatic rings. The third kappa shape index (κ3) is 4.25. The second-order valence-electron chi connectivity index (χ2n) is 3.98. The van der Waals surface area contributed by atoms with Crippen LogP contribution in [-0.2, 0) is 4.79 Å². The second kappa shape index (κ2) is 5.95. The molecule has 0 aromatic heterocycles. The first-order valence-electron chi connectivity index (χ1n) is 5.49. The van der Waals surface area contributed by atoms with Gasteiger partial charge in [-0.05, 0) is 38.0 Å². The van der Waals surface area contributed by atoms with E-state index in [1.165, 1.54) is 19.3 Å². The Morgan fingerprint density at radius 3 is 2.85 bits per heavy atom. The minimum atomic E-state index is 0.456. The van der Waals surface area contributed by atoms with E-state index in [4.69, 9.17) is 0 Å². The lowest BCUT2D eigenvalue weighted by atomic mass is 9.89. The Balaban J connectivity index is 2.11. The fourth-order valence-electron chi connectivity index (χ4n) is 1.89. The standard InChI is InChI=1S/C12H20O/c1-2-6-12(13)10-9-11-7-4-3-5-8-11/h3-4,11H,2,5-10H2,1H3. The van der Waals surface area contributed by atoms with E-state index in [0.717, 1.165) is 31.6 Å². The SMILES string of the molecule is CCCC(=O)CCC1CC=CCC1. The number of carbonyl (C=O) groups excluding carboxylic acids is 1. The second-order valence-corrected chi connectivity index (χ2v) is 3.98. The van der Waals surface area contributed by atoms with Crippen LogP contribution in [0.3, 0.4) is 0 Å². The van der Waals surface area contributed by atoms with Crippen LogP contribution in [0.1, 0.15) is 51.9 Å². The Hall–Kier alpha value is -0.590. The van der Waals surface area contributed by atoms with Crippen molar-refractivity contribution in [2.45, 2.75) is 51.9 Å². The van der Waals surface area contributed by atoms with E-state index in [1.54, 1.807) is 0 Å². The van der Waals surface area contributed by atoms with Gasteiger partial charge in [0.25, 0.3) is 0 Å². The monoisotopic (exact) mass is 180 g/mol. The van der Waals surface area contributed by atoms with Crippen molar-refractivity contribution in [3.8, 4) is 0 Å². The summed E-state index contributed by atoms with van der Waals surface area (Å²) in [5.41, 5.74) is 0. The van der Waals surface area contributed by atoms with Crippen LogP contribution in [0.15, 0.2) is 12.2 Å². The molecule has 13 heavy (non-hydrogen) atoms. The van der Waals surface area contributed by atoms with Crippen LogP contribution >= 0.6 is 0 Å². The van der Waals surface area contributed by atoms with E-state index < -0.39 is 0 Å². The molecule has 0 radical (unpaired) electrons. The molecule has 74 valence electrons. The number of Topliss-reactive ketones (excluding diaryl/α,β-unsaturated/α-hetero) is 1. The molecule has 0 amide bonds. The molecule has 0 aromatic carbocycles. The molecule has 1 nitrogen and oxygen atoms in total. The molecule has 1 rings (SSSR count). The van der Waals surface area contributed by atoms with E-state index in [-0.39, 0.29) is 0 Å². The maximum atomic E-state index is 11.3. The Bertz CT molecular complexity index is 182. The third-order valence-electron chi connectivity index (χ3n) is 2.74. The largest absolute Gasteiger partial charge is 0.300 e. The van der Waals surface area contributed by atoms with Gasteiger partial charge in [0.15, 0.2) is 0 Å². The number of hydrogen-bond donors (Lipinski definition) is 0. The smallest absolute Gasteiger partial charge is 0.132 e. The van der Waals surface area contributed by atoms with Crippen LogP contribution in [0.4, 0.5) is 0 Å². The molecule has 1 heteroatoms. The minimum Gasteiger partial charge on any atom is -0.300 e. The van der Waals surface area contributed by atoms with Crippen molar-refractivity contribution >= 4 is 5.78 Å².